The van der Waals surface area contributed by atoms with Gasteiger partial charge in [-0.25, -0.2) is 19.3 Å². The monoisotopic (exact) mass is 287 g/mol. The summed E-state index contributed by atoms with van der Waals surface area (Å²) in [4.78, 5) is 46.0. The highest BCUT2D eigenvalue weighted by Gasteiger charge is 2.40. The Hall–Kier alpha value is -2.32. The van der Waals surface area contributed by atoms with E-state index >= 15 is 0 Å². The smallest absolute Gasteiger partial charge is 0.408 e. The maximum absolute atomic E-state index is 11.8. The van der Waals surface area contributed by atoms with E-state index in [1.807, 2.05) is 0 Å². The summed E-state index contributed by atoms with van der Waals surface area (Å²) < 4.78 is 4.91. The Bertz CT molecular complexity index is 442. The number of urea groups is 1. The van der Waals surface area contributed by atoms with Gasteiger partial charge in [-0.3, -0.25) is 4.79 Å². The molecule has 0 aromatic rings. The number of hydrogen-bond acceptors (Lipinski definition) is 5. The Kier molecular flexibility index (Phi) is 4.53. The molecule has 1 rings (SSSR count). The van der Waals surface area contributed by atoms with Gasteiger partial charge in [0, 0.05) is 0 Å². The standard InChI is InChI=1S/C11H17N3O6/c1-11(2,3)20-10(19)13-5-7(15)14-6(8(16)17)4-12-9(14)18/h6H,4-5H2,1-3H3,(H,12,18)(H,13,19)(H,16,17). The van der Waals surface area contributed by atoms with Crippen LogP contribution >= 0.6 is 0 Å². The van der Waals surface area contributed by atoms with E-state index in [0.29, 0.717) is 4.90 Å². The van der Waals surface area contributed by atoms with E-state index in [0.717, 1.165) is 0 Å². The summed E-state index contributed by atoms with van der Waals surface area (Å²) >= 11 is 0. The summed E-state index contributed by atoms with van der Waals surface area (Å²) in [5.74, 6) is -2.12. The molecule has 4 amide bonds. The van der Waals surface area contributed by atoms with Crippen LogP contribution in [0, 0.1) is 0 Å². The molecule has 1 unspecified atom stereocenters. The highest BCUT2D eigenvalue weighted by Crippen LogP contribution is 2.08. The second kappa shape index (κ2) is 5.76. The van der Waals surface area contributed by atoms with Gasteiger partial charge in [0.15, 0.2) is 6.04 Å². The number of hydrogen-bond donors (Lipinski definition) is 3. The van der Waals surface area contributed by atoms with Gasteiger partial charge in [-0.1, -0.05) is 0 Å². The molecule has 0 aromatic heterocycles. The predicted octanol–water partition coefficient (Wildman–Crippen LogP) is -0.484. The lowest BCUT2D eigenvalue weighted by Gasteiger charge is -2.21. The first-order valence-corrected chi connectivity index (χ1v) is 5.91. The van der Waals surface area contributed by atoms with E-state index in [-0.39, 0.29) is 6.54 Å². The molecule has 0 radical (unpaired) electrons. The van der Waals surface area contributed by atoms with Crippen LogP contribution in [0.5, 0.6) is 0 Å². The summed E-state index contributed by atoms with van der Waals surface area (Å²) in [6.45, 7) is 4.28. The zero-order chi connectivity index (χ0) is 15.5. The lowest BCUT2D eigenvalue weighted by Crippen LogP contribution is -2.48. The van der Waals surface area contributed by atoms with Gasteiger partial charge in [-0.15, -0.1) is 0 Å². The summed E-state index contributed by atoms with van der Waals surface area (Å²) in [6, 6.07) is -2.07. The van der Waals surface area contributed by atoms with E-state index in [1.165, 1.54) is 0 Å². The molecule has 0 bridgehead atoms. The third kappa shape index (κ3) is 4.11. The lowest BCUT2D eigenvalue weighted by molar-refractivity contribution is -0.145. The number of nitrogens with zero attached hydrogens (tertiary/aromatic N) is 1. The van der Waals surface area contributed by atoms with Gasteiger partial charge in [-0.05, 0) is 20.8 Å². The molecule has 1 fully saturated rings. The Balaban J connectivity index is 2.56. The number of carboxylic acids is 1. The zero-order valence-corrected chi connectivity index (χ0v) is 11.4. The SMILES string of the molecule is CC(C)(C)OC(=O)NCC(=O)N1C(=O)NCC1C(=O)O. The number of amides is 4. The number of ether oxygens (including phenoxy) is 1. The van der Waals surface area contributed by atoms with Crippen molar-refractivity contribution in [1.82, 2.24) is 15.5 Å². The first kappa shape index (κ1) is 15.7. The molecule has 1 saturated heterocycles. The van der Waals surface area contributed by atoms with Crippen molar-refractivity contribution in [3.63, 3.8) is 0 Å². The van der Waals surface area contributed by atoms with Crippen LogP contribution < -0.4 is 10.6 Å². The van der Waals surface area contributed by atoms with Gasteiger partial charge in [0.2, 0.25) is 0 Å². The van der Waals surface area contributed by atoms with Crippen molar-refractivity contribution < 1.29 is 29.0 Å². The van der Waals surface area contributed by atoms with Crippen molar-refractivity contribution in [3.8, 4) is 0 Å². The maximum Gasteiger partial charge on any atom is 0.408 e. The van der Waals surface area contributed by atoms with Crippen molar-refractivity contribution in [3.05, 3.63) is 0 Å². The van der Waals surface area contributed by atoms with E-state index in [4.69, 9.17) is 9.84 Å². The maximum atomic E-state index is 11.8. The van der Waals surface area contributed by atoms with E-state index < -0.39 is 42.2 Å². The van der Waals surface area contributed by atoms with Crippen molar-refractivity contribution in [2.45, 2.75) is 32.4 Å². The van der Waals surface area contributed by atoms with Gasteiger partial charge in [0.25, 0.3) is 5.91 Å². The van der Waals surface area contributed by atoms with Crippen LogP contribution in [0.25, 0.3) is 0 Å². The minimum Gasteiger partial charge on any atom is -0.480 e. The Labute approximate surface area is 115 Å². The molecule has 0 aliphatic carbocycles. The molecule has 1 aliphatic heterocycles. The summed E-state index contributed by atoms with van der Waals surface area (Å²) in [5, 5.41) is 13.3. The number of rotatable bonds is 3. The van der Waals surface area contributed by atoms with Gasteiger partial charge in [-0.2, -0.15) is 0 Å². The van der Waals surface area contributed by atoms with Crippen molar-refractivity contribution in [2.24, 2.45) is 0 Å². The van der Waals surface area contributed by atoms with E-state index in [9.17, 15) is 19.2 Å². The average Bonchev–Trinajstić information content (AvgIpc) is 2.66. The molecular formula is C11H17N3O6. The molecular weight excluding hydrogens is 270 g/mol. The van der Waals surface area contributed by atoms with Crippen LogP contribution in [0.1, 0.15) is 20.8 Å². The van der Waals surface area contributed by atoms with Crippen LogP contribution in [0.15, 0.2) is 0 Å². The predicted molar refractivity (Wildman–Crippen MR) is 65.9 cm³/mol. The summed E-state index contributed by atoms with van der Waals surface area (Å²) in [5.41, 5.74) is -0.720. The molecule has 112 valence electrons. The summed E-state index contributed by atoms with van der Waals surface area (Å²) in [7, 11) is 0. The molecule has 20 heavy (non-hydrogen) atoms. The number of carboxylic acid groups (broad SMARTS) is 1. The third-order valence-electron chi connectivity index (χ3n) is 2.31. The van der Waals surface area contributed by atoms with Crippen LogP contribution in [0.2, 0.25) is 0 Å². The molecule has 9 heteroatoms. The molecule has 1 aliphatic rings. The summed E-state index contributed by atoms with van der Waals surface area (Å²) in [6.07, 6.45) is -0.822. The number of carbonyl (C=O) groups excluding carboxylic acids is 3. The van der Waals surface area contributed by atoms with Crippen LogP contribution in [-0.4, -0.2) is 58.7 Å². The minimum atomic E-state index is -1.30. The topological polar surface area (TPSA) is 125 Å². The molecule has 9 nitrogen and oxygen atoms in total. The molecule has 0 aromatic carbocycles. The van der Waals surface area contributed by atoms with Crippen LogP contribution in [-0.2, 0) is 14.3 Å². The van der Waals surface area contributed by atoms with Crippen molar-refractivity contribution in [1.29, 1.82) is 0 Å². The fourth-order valence-electron chi connectivity index (χ4n) is 1.53. The number of imide groups is 1. The Morgan fingerprint density at radius 2 is 2.05 bits per heavy atom. The zero-order valence-electron chi connectivity index (χ0n) is 11.4. The van der Waals surface area contributed by atoms with E-state index in [1.54, 1.807) is 20.8 Å². The fraction of sp³-hybridized carbons (Fsp3) is 0.636. The van der Waals surface area contributed by atoms with E-state index in [2.05, 4.69) is 10.6 Å². The second-order valence-electron chi connectivity index (χ2n) is 5.16. The fourth-order valence-corrected chi connectivity index (χ4v) is 1.53. The molecule has 1 heterocycles. The molecule has 0 spiro atoms. The number of carbonyl (C=O) groups is 4. The van der Waals surface area contributed by atoms with Crippen LogP contribution in [0.3, 0.4) is 0 Å². The number of aliphatic carboxylic acids is 1. The first-order valence-electron chi connectivity index (χ1n) is 5.91. The highest BCUT2D eigenvalue weighted by atomic mass is 16.6. The number of alkyl carbamates (subject to hydrolysis) is 1. The van der Waals surface area contributed by atoms with Gasteiger partial charge in [0.1, 0.15) is 12.1 Å². The van der Waals surface area contributed by atoms with Gasteiger partial charge < -0.3 is 20.5 Å². The minimum absolute atomic E-state index is 0.160. The highest BCUT2D eigenvalue weighted by molar-refractivity contribution is 6.02. The quantitative estimate of drug-likeness (QED) is 0.643. The normalized spacial score (nSPS) is 18.4. The molecule has 0 saturated carbocycles. The second-order valence-corrected chi connectivity index (χ2v) is 5.16. The Morgan fingerprint density at radius 3 is 2.55 bits per heavy atom. The molecule has 3 N–H and O–H groups in total. The largest absolute Gasteiger partial charge is 0.480 e. The molecule has 1 atom stereocenters. The lowest BCUT2D eigenvalue weighted by atomic mass is 10.2. The average molecular weight is 287 g/mol. The van der Waals surface area contributed by atoms with Crippen molar-refractivity contribution in [2.75, 3.05) is 13.1 Å². The number of nitrogens with one attached hydrogen (secondary N) is 2. The van der Waals surface area contributed by atoms with Crippen LogP contribution in [0.4, 0.5) is 9.59 Å². The third-order valence-corrected chi connectivity index (χ3v) is 2.31. The first-order chi connectivity index (χ1) is 9.11. The Morgan fingerprint density at radius 1 is 1.45 bits per heavy atom. The van der Waals surface area contributed by atoms with Gasteiger partial charge >= 0.3 is 18.1 Å². The van der Waals surface area contributed by atoms with Crippen molar-refractivity contribution >= 4 is 24.0 Å². The van der Waals surface area contributed by atoms with Gasteiger partial charge in [0.05, 0.1) is 6.54 Å².